The molecule has 8 aliphatic rings. The summed E-state index contributed by atoms with van der Waals surface area (Å²) in [5.41, 5.74) is 19.6. The standard InChI is InChI=1S/C62H48N4/c63-31-43-28-50-58(55-41-24-33-18-34(25-41)21-39(20-33)53(43)55)48-30-52-57(60-59-51(66(50)62(48)60)29-44(32-64)54-40-22-35-19-36(23-40)27-42(26-35)56(54)59)47-14-7-8-17-49(47)65(52)61-45(37-10-3-1-4-11-37)15-9-16-46(61)38-12-5-2-6-13-38/h1-17,28-30,33-36,39-42H,18-27H2. The van der Waals surface area contributed by atoms with E-state index in [2.05, 4.69) is 142 Å². The van der Waals surface area contributed by atoms with Crippen LogP contribution in [-0.4, -0.2) is 8.97 Å². The fourth-order valence-electron chi connectivity index (χ4n) is 16.7. The van der Waals surface area contributed by atoms with Gasteiger partial charge in [-0.2, -0.15) is 10.5 Å². The molecule has 4 unspecified atom stereocenters. The third kappa shape index (κ3) is 4.58. The van der Waals surface area contributed by atoms with Crippen molar-refractivity contribution >= 4 is 59.9 Å². The normalized spacial score (nSPS) is 25.8. The highest BCUT2D eigenvalue weighted by atomic mass is 15.0. The molecule has 0 aliphatic heterocycles. The van der Waals surface area contributed by atoms with Crippen LogP contribution in [0.1, 0.15) is 121 Å². The van der Waals surface area contributed by atoms with Crippen molar-refractivity contribution in [1.82, 2.24) is 8.97 Å². The number of hydrogen-bond acceptors (Lipinski definition) is 2. The highest BCUT2D eigenvalue weighted by molar-refractivity contribution is 6.37. The molecule has 3 heterocycles. The summed E-state index contributed by atoms with van der Waals surface area (Å²) >= 11 is 0. The predicted molar refractivity (Wildman–Crippen MR) is 267 cm³/mol. The number of nitrogens with zero attached hydrogens (tertiary/aromatic N) is 4. The number of hydrogen-bond donors (Lipinski definition) is 0. The maximum atomic E-state index is 11.3. The van der Waals surface area contributed by atoms with Crippen LogP contribution in [0.15, 0.2) is 121 Å². The Morgan fingerprint density at radius 1 is 0.394 bits per heavy atom. The van der Waals surface area contributed by atoms with Crippen molar-refractivity contribution in [2.24, 2.45) is 23.7 Å². The minimum absolute atomic E-state index is 0.432. The Bertz CT molecular complexity index is 3770. The summed E-state index contributed by atoms with van der Waals surface area (Å²) in [4.78, 5) is 0. The molecule has 4 nitrogen and oxygen atoms in total. The highest BCUT2D eigenvalue weighted by Gasteiger charge is 2.47. The Labute approximate surface area is 384 Å². The zero-order valence-electron chi connectivity index (χ0n) is 37.0. The number of rotatable bonds is 3. The zero-order valence-corrected chi connectivity index (χ0v) is 37.0. The van der Waals surface area contributed by atoms with Gasteiger partial charge in [-0.25, -0.2) is 0 Å². The minimum atomic E-state index is 0.432. The molecule has 4 saturated carbocycles. The molecule has 8 bridgehead atoms. The molecular weight excluding hydrogens is 801 g/mol. The molecule has 7 aromatic carbocycles. The van der Waals surface area contributed by atoms with Crippen molar-refractivity contribution in [3.05, 3.63) is 155 Å². The van der Waals surface area contributed by atoms with Crippen LogP contribution < -0.4 is 0 Å². The third-order valence-electron chi connectivity index (χ3n) is 18.5. The molecule has 18 rings (SSSR count). The Morgan fingerprint density at radius 2 is 0.879 bits per heavy atom. The summed E-state index contributed by atoms with van der Waals surface area (Å²) < 4.78 is 5.22. The molecule has 10 aromatic rings. The lowest BCUT2D eigenvalue weighted by Gasteiger charge is -2.38. The van der Waals surface area contributed by atoms with Gasteiger partial charge in [0.05, 0.1) is 56.5 Å². The molecule has 66 heavy (non-hydrogen) atoms. The molecule has 0 spiro atoms. The summed E-state index contributed by atoms with van der Waals surface area (Å²) in [6.07, 6.45) is 12.4. The predicted octanol–water partition coefficient (Wildman–Crippen LogP) is 15.8. The van der Waals surface area contributed by atoms with Crippen LogP contribution in [-0.2, 0) is 0 Å². The van der Waals surface area contributed by atoms with Crippen molar-refractivity contribution in [3.8, 4) is 40.1 Å². The van der Waals surface area contributed by atoms with Crippen molar-refractivity contribution in [2.75, 3.05) is 0 Å². The first-order valence-corrected chi connectivity index (χ1v) is 25.0. The van der Waals surface area contributed by atoms with E-state index in [0.29, 0.717) is 23.7 Å². The monoisotopic (exact) mass is 848 g/mol. The molecule has 4 atom stereocenters. The molecule has 0 N–H and O–H groups in total. The summed E-state index contributed by atoms with van der Waals surface area (Å²) in [7, 11) is 0. The van der Waals surface area contributed by atoms with E-state index >= 15 is 0 Å². The quantitative estimate of drug-likeness (QED) is 0.178. The lowest BCUT2D eigenvalue weighted by molar-refractivity contribution is 0.166. The lowest BCUT2D eigenvalue weighted by Crippen LogP contribution is -2.25. The molecule has 0 amide bonds. The molecule has 0 radical (unpaired) electrons. The minimum Gasteiger partial charge on any atom is -0.308 e. The smallest absolute Gasteiger partial charge is 0.0995 e. The first-order valence-electron chi connectivity index (χ1n) is 25.0. The average molecular weight is 849 g/mol. The van der Waals surface area contributed by atoms with Gasteiger partial charge < -0.3 is 8.97 Å². The van der Waals surface area contributed by atoms with Gasteiger partial charge in [0, 0.05) is 43.4 Å². The van der Waals surface area contributed by atoms with Gasteiger partial charge in [-0.1, -0.05) is 97.1 Å². The van der Waals surface area contributed by atoms with Crippen LogP contribution >= 0.6 is 0 Å². The van der Waals surface area contributed by atoms with E-state index in [-0.39, 0.29) is 0 Å². The second-order valence-electron chi connectivity index (χ2n) is 21.8. The molecule has 316 valence electrons. The molecular formula is C62H48N4. The van der Waals surface area contributed by atoms with E-state index < -0.39 is 0 Å². The van der Waals surface area contributed by atoms with Crippen molar-refractivity contribution in [3.63, 3.8) is 0 Å². The van der Waals surface area contributed by atoms with Gasteiger partial charge in [0.2, 0.25) is 0 Å². The van der Waals surface area contributed by atoms with E-state index in [1.165, 1.54) is 174 Å². The Hall–Kier alpha value is -6.88. The lowest BCUT2D eigenvalue weighted by atomic mass is 9.67. The van der Waals surface area contributed by atoms with Crippen LogP contribution in [0.25, 0.3) is 87.8 Å². The van der Waals surface area contributed by atoms with E-state index in [4.69, 9.17) is 0 Å². The topological polar surface area (TPSA) is 56.9 Å². The van der Waals surface area contributed by atoms with Gasteiger partial charge in [-0.15, -0.1) is 0 Å². The van der Waals surface area contributed by atoms with Gasteiger partial charge >= 0.3 is 0 Å². The molecule has 8 aliphatic carbocycles. The Balaban J connectivity index is 1.16. The second-order valence-corrected chi connectivity index (χ2v) is 21.8. The van der Waals surface area contributed by atoms with Crippen molar-refractivity contribution in [1.29, 1.82) is 10.5 Å². The van der Waals surface area contributed by atoms with Gasteiger partial charge in [0.15, 0.2) is 0 Å². The Kier molecular flexibility index (Phi) is 7.12. The number of nitriles is 2. The van der Waals surface area contributed by atoms with E-state index in [1.54, 1.807) is 0 Å². The van der Waals surface area contributed by atoms with E-state index in [1.807, 2.05) is 0 Å². The van der Waals surface area contributed by atoms with Gasteiger partial charge in [0.25, 0.3) is 0 Å². The van der Waals surface area contributed by atoms with Gasteiger partial charge in [0.1, 0.15) is 0 Å². The van der Waals surface area contributed by atoms with Crippen LogP contribution in [0.2, 0.25) is 0 Å². The highest BCUT2D eigenvalue weighted by Crippen LogP contribution is 2.63. The van der Waals surface area contributed by atoms with Crippen LogP contribution in [0.5, 0.6) is 0 Å². The SMILES string of the molecule is N#Cc1cc2c(c3c1C1CC4CC(C1)CC3C4)c1cc3c(c4ccccc4n3-c3c(-c4ccccc4)cccc3-c3ccccc3)c3c4c5c(c(C#N)cc4n2c13)C1CC2CC(C1)CC5C2. The zero-order chi connectivity index (χ0) is 43.1. The molecule has 4 fully saturated rings. The maximum Gasteiger partial charge on any atom is 0.0995 e. The number of aromatic nitrogens is 2. The largest absolute Gasteiger partial charge is 0.308 e. The van der Waals surface area contributed by atoms with Crippen molar-refractivity contribution in [2.45, 2.75) is 87.9 Å². The molecule has 3 aromatic heterocycles. The van der Waals surface area contributed by atoms with Gasteiger partial charge in [-0.05, 0) is 169 Å². The summed E-state index contributed by atoms with van der Waals surface area (Å²) in [6, 6.07) is 50.9. The maximum absolute atomic E-state index is 11.3. The number of fused-ring (bicyclic) bond motifs is 10. The van der Waals surface area contributed by atoms with E-state index in [0.717, 1.165) is 34.8 Å². The summed E-state index contributed by atoms with van der Waals surface area (Å²) in [6.45, 7) is 0. The van der Waals surface area contributed by atoms with Crippen LogP contribution in [0.4, 0.5) is 0 Å². The van der Waals surface area contributed by atoms with E-state index in [9.17, 15) is 10.5 Å². The number of benzene rings is 7. The first kappa shape index (κ1) is 36.4. The van der Waals surface area contributed by atoms with Crippen molar-refractivity contribution < 1.29 is 0 Å². The Morgan fingerprint density at radius 3 is 1.42 bits per heavy atom. The second kappa shape index (κ2) is 12.9. The summed E-state index contributed by atoms with van der Waals surface area (Å²) in [5.74, 6) is 4.69. The summed E-state index contributed by atoms with van der Waals surface area (Å²) in [5, 5.41) is 30.5. The first-order chi connectivity index (χ1) is 32.6. The van der Waals surface area contributed by atoms with Crippen LogP contribution in [0.3, 0.4) is 0 Å². The average Bonchev–Trinajstić information content (AvgIpc) is 3.88. The number of para-hydroxylation sites is 2. The molecule has 0 saturated heterocycles. The van der Waals surface area contributed by atoms with Gasteiger partial charge in [-0.3, -0.25) is 0 Å². The fraction of sp³-hybridized carbons (Fsp3) is 0.290. The fourth-order valence-corrected chi connectivity index (χ4v) is 16.7. The van der Waals surface area contributed by atoms with Crippen LogP contribution in [0, 0.1) is 46.3 Å². The third-order valence-corrected chi connectivity index (χ3v) is 18.5. The molecule has 4 heteroatoms.